The predicted octanol–water partition coefficient (Wildman–Crippen LogP) is 1.02. The van der Waals surface area contributed by atoms with Gasteiger partial charge in [0.2, 0.25) is 0 Å². The molecule has 2 aromatic rings. The number of aromatic nitrogens is 4. The van der Waals surface area contributed by atoms with E-state index >= 15 is 0 Å². The summed E-state index contributed by atoms with van der Waals surface area (Å²) in [5.74, 6) is 1.07. The molecule has 0 fully saturated rings. The summed E-state index contributed by atoms with van der Waals surface area (Å²) in [5.41, 5.74) is 7.08. The number of imidazole rings is 1. The monoisotopic (exact) mass is 241 g/mol. The SMILES string of the molecule is Cc1nc(N)c2nc(Br)n(C)c2n1. The summed E-state index contributed by atoms with van der Waals surface area (Å²) < 4.78 is 2.52. The molecule has 13 heavy (non-hydrogen) atoms. The first-order valence-electron chi connectivity index (χ1n) is 3.71. The zero-order chi connectivity index (χ0) is 9.59. The molecule has 0 radical (unpaired) electrons. The maximum absolute atomic E-state index is 5.69. The van der Waals surface area contributed by atoms with Gasteiger partial charge in [-0.1, -0.05) is 0 Å². The first-order valence-corrected chi connectivity index (χ1v) is 4.51. The third kappa shape index (κ3) is 1.17. The van der Waals surface area contributed by atoms with Gasteiger partial charge in [-0.15, -0.1) is 0 Å². The van der Waals surface area contributed by atoms with Crippen LogP contribution in [-0.2, 0) is 7.05 Å². The van der Waals surface area contributed by atoms with E-state index in [0.717, 1.165) is 5.65 Å². The van der Waals surface area contributed by atoms with Crippen LogP contribution in [0.15, 0.2) is 4.73 Å². The highest BCUT2D eigenvalue weighted by Gasteiger charge is 2.10. The van der Waals surface area contributed by atoms with Crippen molar-refractivity contribution >= 4 is 32.9 Å². The lowest BCUT2D eigenvalue weighted by molar-refractivity contribution is 0.891. The van der Waals surface area contributed by atoms with Gasteiger partial charge in [0.1, 0.15) is 5.82 Å². The van der Waals surface area contributed by atoms with Crippen molar-refractivity contribution in [2.75, 3.05) is 5.73 Å². The van der Waals surface area contributed by atoms with E-state index in [1.165, 1.54) is 0 Å². The van der Waals surface area contributed by atoms with Crippen molar-refractivity contribution in [3.63, 3.8) is 0 Å². The molecule has 0 aliphatic heterocycles. The summed E-state index contributed by atoms with van der Waals surface area (Å²) in [4.78, 5) is 12.4. The fourth-order valence-electron chi connectivity index (χ4n) is 1.17. The van der Waals surface area contributed by atoms with Crippen LogP contribution in [0.25, 0.3) is 11.2 Å². The van der Waals surface area contributed by atoms with Gasteiger partial charge in [-0.2, -0.15) is 0 Å². The summed E-state index contributed by atoms with van der Waals surface area (Å²) in [6.07, 6.45) is 0. The molecule has 0 unspecified atom stereocenters. The van der Waals surface area contributed by atoms with Gasteiger partial charge in [-0.3, -0.25) is 0 Å². The fourth-order valence-corrected chi connectivity index (χ4v) is 1.51. The second-order valence-corrected chi connectivity index (χ2v) is 3.48. The van der Waals surface area contributed by atoms with E-state index in [2.05, 4.69) is 30.9 Å². The Morgan fingerprint density at radius 2 is 2.00 bits per heavy atom. The molecule has 2 heterocycles. The van der Waals surface area contributed by atoms with Gasteiger partial charge in [0.05, 0.1) is 0 Å². The van der Waals surface area contributed by atoms with Crippen LogP contribution >= 0.6 is 15.9 Å². The molecule has 0 aliphatic rings. The summed E-state index contributed by atoms with van der Waals surface area (Å²) in [6.45, 7) is 1.80. The Hall–Kier alpha value is -1.17. The van der Waals surface area contributed by atoms with Crippen molar-refractivity contribution in [1.82, 2.24) is 19.5 Å². The van der Waals surface area contributed by atoms with Gasteiger partial charge in [-0.05, 0) is 22.9 Å². The number of aryl methyl sites for hydroxylation is 2. The van der Waals surface area contributed by atoms with E-state index in [0.29, 0.717) is 21.9 Å². The molecule has 0 spiro atoms. The van der Waals surface area contributed by atoms with Gasteiger partial charge in [0.15, 0.2) is 21.7 Å². The minimum absolute atomic E-state index is 0.420. The number of nitrogen functional groups attached to an aromatic ring is 1. The van der Waals surface area contributed by atoms with E-state index in [-0.39, 0.29) is 0 Å². The van der Waals surface area contributed by atoms with Crippen LogP contribution in [0.2, 0.25) is 0 Å². The molecule has 0 aromatic carbocycles. The zero-order valence-electron chi connectivity index (χ0n) is 7.24. The highest BCUT2D eigenvalue weighted by molar-refractivity contribution is 9.10. The van der Waals surface area contributed by atoms with Gasteiger partial charge in [-0.25, -0.2) is 15.0 Å². The number of nitrogens with two attached hydrogens (primary N) is 1. The Morgan fingerprint density at radius 1 is 1.31 bits per heavy atom. The van der Waals surface area contributed by atoms with Gasteiger partial charge in [0.25, 0.3) is 0 Å². The van der Waals surface area contributed by atoms with Crippen molar-refractivity contribution in [2.45, 2.75) is 6.92 Å². The molecular weight excluding hydrogens is 234 g/mol. The predicted molar refractivity (Wildman–Crippen MR) is 53.2 cm³/mol. The lowest BCUT2D eigenvalue weighted by Crippen LogP contribution is -1.98. The number of hydrogen-bond acceptors (Lipinski definition) is 4. The van der Waals surface area contributed by atoms with Crippen LogP contribution in [-0.4, -0.2) is 19.5 Å². The van der Waals surface area contributed by atoms with Crippen molar-refractivity contribution in [3.05, 3.63) is 10.6 Å². The number of anilines is 1. The molecule has 6 heteroatoms. The topological polar surface area (TPSA) is 69.6 Å². The fraction of sp³-hybridized carbons (Fsp3) is 0.286. The van der Waals surface area contributed by atoms with Crippen molar-refractivity contribution in [2.24, 2.45) is 7.05 Å². The molecule has 0 bridgehead atoms. The number of nitrogens with zero attached hydrogens (tertiary/aromatic N) is 4. The Labute approximate surface area is 83.1 Å². The molecule has 5 nitrogen and oxygen atoms in total. The minimum Gasteiger partial charge on any atom is -0.382 e. The van der Waals surface area contributed by atoms with E-state index in [4.69, 9.17) is 5.73 Å². The van der Waals surface area contributed by atoms with Crippen molar-refractivity contribution in [1.29, 1.82) is 0 Å². The Bertz CT molecular complexity index is 475. The van der Waals surface area contributed by atoms with E-state index in [1.54, 1.807) is 6.92 Å². The minimum atomic E-state index is 0.420. The number of hydrogen-bond donors (Lipinski definition) is 1. The molecule has 0 amide bonds. The molecule has 2 rings (SSSR count). The van der Waals surface area contributed by atoms with E-state index in [9.17, 15) is 0 Å². The van der Waals surface area contributed by atoms with Crippen molar-refractivity contribution < 1.29 is 0 Å². The smallest absolute Gasteiger partial charge is 0.179 e. The van der Waals surface area contributed by atoms with Crippen LogP contribution in [0.3, 0.4) is 0 Å². The molecule has 0 atom stereocenters. The lowest BCUT2D eigenvalue weighted by Gasteiger charge is -1.97. The first kappa shape index (κ1) is 8.43. The maximum atomic E-state index is 5.69. The van der Waals surface area contributed by atoms with Gasteiger partial charge < -0.3 is 10.3 Å². The van der Waals surface area contributed by atoms with Crippen LogP contribution < -0.4 is 5.73 Å². The number of halogens is 1. The highest BCUT2D eigenvalue weighted by atomic mass is 79.9. The third-order valence-corrected chi connectivity index (χ3v) is 2.51. The Morgan fingerprint density at radius 3 is 2.69 bits per heavy atom. The lowest BCUT2D eigenvalue weighted by atomic mass is 10.5. The Balaban J connectivity index is 2.94. The zero-order valence-corrected chi connectivity index (χ0v) is 8.83. The third-order valence-electron chi connectivity index (χ3n) is 1.80. The number of rotatable bonds is 0. The average molecular weight is 242 g/mol. The summed E-state index contributed by atoms with van der Waals surface area (Å²) in [6, 6.07) is 0. The van der Waals surface area contributed by atoms with Crippen LogP contribution in [0.5, 0.6) is 0 Å². The Kier molecular flexibility index (Phi) is 1.73. The van der Waals surface area contributed by atoms with Crippen LogP contribution in [0.1, 0.15) is 5.82 Å². The van der Waals surface area contributed by atoms with E-state index in [1.807, 2.05) is 11.6 Å². The summed E-state index contributed by atoms with van der Waals surface area (Å²) >= 11 is 3.30. The second-order valence-electron chi connectivity index (χ2n) is 2.77. The molecule has 2 N–H and O–H groups in total. The molecule has 0 aliphatic carbocycles. The molecule has 0 saturated heterocycles. The van der Waals surface area contributed by atoms with Gasteiger partial charge in [0, 0.05) is 7.05 Å². The second kappa shape index (κ2) is 2.66. The maximum Gasteiger partial charge on any atom is 0.179 e. The van der Waals surface area contributed by atoms with Crippen molar-refractivity contribution in [3.8, 4) is 0 Å². The first-order chi connectivity index (χ1) is 6.09. The molecule has 2 aromatic heterocycles. The summed E-state index contributed by atoms with van der Waals surface area (Å²) in [7, 11) is 1.87. The van der Waals surface area contributed by atoms with E-state index < -0.39 is 0 Å². The number of fused-ring (bicyclic) bond motifs is 1. The van der Waals surface area contributed by atoms with Crippen LogP contribution in [0.4, 0.5) is 5.82 Å². The van der Waals surface area contributed by atoms with Gasteiger partial charge >= 0.3 is 0 Å². The quantitative estimate of drug-likeness (QED) is 0.700. The molecule has 0 saturated carbocycles. The normalized spacial score (nSPS) is 11.0. The standard InChI is InChI=1S/C7H8BrN5/c1-3-10-5(9)4-6(11-3)13(2)7(8)12-4/h1-2H3,(H2,9,10,11). The molecular formula is C7H8BrN5. The largest absolute Gasteiger partial charge is 0.382 e. The summed E-state index contributed by atoms with van der Waals surface area (Å²) in [5, 5.41) is 0. The van der Waals surface area contributed by atoms with Crippen LogP contribution in [0, 0.1) is 6.92 Å². The average Bonchev–Trinajstić information content (AvgIpc) is 2.32. The molecule has 68 valence electrons. The highest BCUT2D eigenvalue weighted by Crippen LogP contribution is 2.20.